The van der Waals surface area contributed by atoms with E-state index in [9.17, 15) is 4.79 Å². The number of aromatic nitrogens is 1. The van der Waals surface area contributed by atoms with E-state index < -0.39 is 5.97 Å². The lowest BCUT2D eigenvalue weighted by atomic mass is 10.1. The van der Waals surface area contributed by atoms with Gasteiger partial charge in [0.2, 0.25) is 0 Å². The van der Waals surface area contributed by atoms with Crippen LogP contribution in [0.2, 0.25) is 0 Å². The Hall–Kier alpha value is -1.58. The van der Waals surface area contributed by atoms with Crippen LogP contribution in [0, 0.1) is 5.92 Å². The summed E-state index contributed by atoms with van der Waals surface area (Å²) in [5.41, 5.74) is 1.06. The van der Waals surface area contributed by atoms with Crippen molar-refractivity contribution in [1.82, 2.24) is 4.98 Å². The zero-order chi connectivity index (χ0) is 13.0. The van der Waals surface area contributed by atoms with Crippen molar-refractivity contribution in [3.8, 4) is 0 Å². The van der Waals surface area contributed by atoms with E-state index in [1.54, 1.807) is 12.3 Å². The Kier molecular flexibility index (Phi) is 4.49. The number of carboxylic acids is 1. The molecule has 1 aromatic heterocycles. The lowest BCUT2D eigenvalue weighted by Gasteiger charge is -2.30. The maximum Gasteiger partial charge on any atom is 0.354 e. The predicted molar refractivity (Wildman–Crippen MR) is 68.5 cm³/mol. The summed E-state index contributed by atoms with van der Waals surface area (Å²) in [5.74, 6) is -0.437. The highest BCUT2D eigenvalue weighted by Gasteiger charge is 2.13. The van der Waals surface area contributed by atoms with Crippen LogP contribution in [-0.2, 0) is 0 Å². The molecule has 1 heterocycles. The molecule has 0 bridgehead atoms. The highest BCUT2D eigenvalue weighted by atomic mass is 16.4. The number of hydrogen-bond acceptors (Lipinski definition) is 3. The van der Waals surface area contributed by atoms with E-state index in [1.165, 1.54) is 0 Å². The van der Waals surface area contributed by atoms with Gasteiger partial charge in [0.15, 0.2) is 0 Å². The monoisotopic (exact) mass is 236 g/mol. The lowest BCUT2D eigenvalue weighted by Crippen LogP contribution is -2.34. The molecule has 0 aliphatic heterocycles. The predicted octanol–water partition coefficient (Wildman–Crippen LogP) is 2.65. The normalized spacial score (nSPS) is 10.9. The topological polar surface area (TPSA) is 53.4 Å². The third-order valence-electron chi connectivity index (χ3n) is 2.48. The first kappa shape index (κ1) is 13.5. The summed E-state index contributed by atoms with van der Waals surface area (Å²) in [6.07, 6.45) is 1.63. The van der Waals surface area contributed by atoms with Crippen LogP contribution < -0.4 is 4.90 Å². The minimum Gasteiger partial charge on any atom is -0.477 e. The molecule has 0 unspecified atom stereocenters. The van der Waals surface area contributed by atoms with Crippen molar-refractivity contribution in [3.05, 3.63) is 24.0 Å². The van der Waals surface area contributed by atoms with Gasteiger partial charge in [0.25, 0.3) is 0 Å². The second-order valence-corrected chi connectivity index (χ2v) is 4.85. The number of anilines is 1. The summed E-state index contributed by atoms with van der Waals surface area (Å²) in [4.78, 5) is 16.9. The van der Waals surface area contributed by atoms with Crippen molar-refractivity contribution < 1.29 is 9.90 Å². The van der Waals surface area contributed by atoms with Gasteiger partial charge < -0.3 is 10.0 Å². The molecule has 1 N–H and O–H groups in total. The molecule has 0 aliphatic rings. The number of carbonyl (C=O) groups is 1. The molecule has 17 heavy (non-hydrogen) atoms. The molecule has 1 aromatic rings. The van der Waals surface area contributed by atoms with Crippen LogP contribution in [0.5, 0.6) is 0 Å². The summed E-state index contributed by atoms with van der Waals surface area (Å²) in [6, 6.07) is 3.74. The van der Waals surface area contributed by atoms with Crippen LogP contribution in [0.1, 0.15) is 38.2 Å². The summed E-state index contributed by atoms with van der Waals surface area (Å²) in [5, 5.41) is 8.79. The van der Waals surface area contributed by atoms with Crippen LogP contribution in [0.25, 0.3) is 0 Å². The van der Waals surface area contributed by atoms with E-state index in [0.717, 1.165) is 12.2 Å². The van der Waals surface area contributed by atoms with E-state index in [-0.39, 0.29) is 5.69 Å². The second kappa shape index (κ2) is 5.66. The first-order chi connectivity index (χ1) is 7.91. The highest BCUT2D eigenvalue weighted by Crippen LogP contribution is 2.17. The van der Waals surface area contributed by atoms with Gasteiger partial charge in [-0.2, -0.15) is 0 Å². The Morgan fingerprint density at radius 2 is 2.00 bits per heavy atom. The van der Waals surface area contributed by atoms with Crippen LogP contribution in [-0.4, -0.2) is 28.6 Å². The number of aromatic carboxylic acids is 1. The van der Waals surface area contributed by atoms with Gasteiger partial charge in [-0.1, -0.05) is 13.8 Å². The van der Waals surface area contributed by atoms with Gasteiger partial charge >= 0.3 is 5.97 Å². The standard InChI is InChI=1S/C13H20N2O2/c1-9(2)8-15(10(3)4)11-5-6-12(13(16)17)14-7-11/h5-7,9-10H,8H2,1-4H3,(H,16,17). The van der Waals surface area contributed by atoms with Gasteiger partial charge in [-0.05, 0) is 31.9 Å². The van der Waals surface area contributed by atoms with Gasteiger partial charge in [0, 0.05) is 12.6 Å². The molecule has 0 saturated carbocycles. The maximum atomic E-state index is 10.7. The molecule has 0 atom stereocenters. The van der Waals surface area contributed by atoms with Gasteiger partial charge in [-0.3, -0.25) is 0 Å². The number of hydrogen-bond donors (Lipinski definition) is 1. The Bertz CT molecular complexity index is 372. The van der Waals surface area contributed by atoms with Crippen LogP contribution >= 0.6 is 0 Å². The summed E-state index contributed by atoms with van der Waals surface area (Å²) >= 11 is 0. The molecule has 1 rings (SSSR count). The van der Waals surface area contributed by atoms with Crippen LogP contribution in [0.15, 0.2) is 18.3 Å². The minimum absolute atomic E-state index is 0.0852. The van der Waals surface area contributed by atoms with E-state index in [2.05, 4.69) is 37.6 Å². The fourth-order valence-corrected chi connectivity index (χ4v) is 1.69. The van der Waals surface area contributed by atoms with Crippen molar-refractivity contribution in [2.24, 2.45) is 5.92 Å². The maximum absolute atomic E-state index is 10.7. The Morgan fingerprint density at radius 1 is 1.35 bits per heavy atom. The molecule has 0 aliphatic carbocycles. The largest absolute Gasteiger partial charge is 0.477 e. The molecule has 0 saturated heterocycles. The third-order valence-corrected chi connectivity index (χ3v) is 2.48. The molecule has 0 amide bonds. The zero-order valence-electron chi connectivity index (χ0n) is 10.8. The Morgan fingerprint density at radius 3 is 2.35 bits per heavy atom. The van der Waals surface area contributed by atoms with Gasteiger partial charge in [0.05, 0.1) is 11.9 Å². The van der Waals surface area contributed by atoms with Crippen molar-refractivity contribution in [3.63, 3.8) is 0 Å². The van der Waals surface area contributed by atoms with E-state index in [0.29, 0.717) is 12.0 Å². The second-order valence-electron chi connectivity index (χ2n) is 4.85. The first-order valence-corrected chi connectivity index (χ1v) is 5.87. The van der Waals surface area contributed by atoms with Crippen molar-refractivity contribution in [1.29, 1.82) is 0 Å². The molecule has 94 valence electrons. The van der Waals surface area contributed by atoms with E-state index >= 15 is 0 Å². The van der Waals surface area contributed by atoms with Crippen molar-refractivity contribution in [2.45, 2.75) is 33.7 Å². The SMILES string of the molecule is CC(C)CN(c1ccc(C(=O)O)nc1)C(C)C. The quantitative estimate of drug-likeness (QED) is 0.854. The number of nitrogens with zero attached hydrogens (tertiary/aromatic N) is 2. The fraction of sp³-hybridized carbons (Fsp3) is 0.538. The summed E-state index contributed by atoms with van der Waals surface area (Å²) in [7, 11) is 0. The minimum atomic E-state index is -0.989. The van der Waals surface area contributed by atoms with Crippen molar-refractivity contribution in [2.75, 3.05) is 11.4 Å². The average Bonchev–Trinajstić information content (AvgIpc) is 2.25. The molecule has 4 nitrogen and oxygen atoms in total. The molecule has 0 radical (unpaired) electrons. The number of rotatable bonds is 5. The molecule has 0 fully saturated rings. The highest BCUT2D eigenvalue weighted by molar-refractivity contribution is 5.85. The Balaban J connectivity index is 2.91. The molecule has 0 spiro atoms. The number of carboxylic acid groups (broad SMARTS) is 1. The van der Waals surface area contributed by atoms with E-state index in [4.69, 9.17) is 5.11 Å². The third kappa shape index (κ3) is 3.73. The van der Waals surface area contributed by atoms with Gasteiger partial charge in [-0.25, -0.2) is 9.78 Å². The molecular formula is C13H20N2O2. The lowest BCUT2D eigenvalue weighted by molar-refractivity contribution is 0.0690. The fourth-order valence-electron chi connectivity index (χ4n) is 1.69. The smallest absolute Gasteiger partial charge is 0.354 e. The molecule has 0 aromatic carbocycles. The zero-order valence-corrected chi connectivity index (χ0v) is 10.8. The van der Waals surface area contributed by atoms with Crippen molar-refractivity contribution >= 4 is 11.7 Å². The van der Waals surface area contributed by atoms with Gasteiger partial charge in [0.1, 0.15) is 5.69 Å². The first-order valence-electron chi connectivity index (χ1n) is 5.87. The molecular weight excluding hydrogens is 216 g/mol. The summed E-state index contributed by atoms with van der Waals surface area (Å²) in [6.45, 7) is 9.50. The Labute approximate surface area is 102 Å². The molecule has 4 heteroatoms. The van der Waals surface area contributed by atoms with Crippen LogP contribution in [0.4, 0.5) is 5.69 Å². The summed E-state index contributed by atoms with van der Waals surface area (Å²) < 4.78 is 0. The average molecular weight is 236 g/mol. The van der Waals surface area contributed by atoms with Crippen LogP contribution in [0.3, 0.4) is 0 Å². The van der Waals surface area contributed by atoms with E-state index in [1.807, 2.05) is 6.07 Å². The number of pyridine rings is 1. The van der Waals surface area contributed by atoms with Gasteiger partial charge in [-0.15, -0.1) is 0 Å².